The standard InChI is InChI=1S/C17H15ClO/c1-13-12-16(18)9-8-14(13)10-11-17(2,19)15-6-4-3-5-7-15/h3-9,12,19H,1-2H3. The van der Waals surface area contributed by atoms with Gasteiger partial charge in [0.25, 0.3) is 0 Å². The van der Waals surface area contributed by atoms with Crippen LogP contribution in [0.15, 0.2) is 48.5 Å². The van der Waals surface area contributed by atoms with Crippen LogP contribution >= 0.6 is 11.6 Å². The second kappa shape index (κ2) is 5.48. The van der Waals surface area contributed by atoms with Gasteiger partial charge in [0, 0.05) is 10.6 Å². The number of aliphatic hydroxyl groups is 1. The van der Waals surface area contributed by atoms with Gasteiger partial charge < -0.3 is 5.11 Å². The maximum absolute atomic E-state index is 10.4. The van der Waals surface area contributed by atoms with Crippen LogP contribution in [-0.2, 0) is 5.60 Å². The molecular formula is C17H15ClO. The van der Waals surface area contributed by atoms with Crippen molar-refractivity contribution >= 4 is 11.6 Å². The van der Waals surface area contributed by atoms with Crippen molar-refractivity contribution in [2.24, 2.45) is 0 Å². The van der Waals surface area contributed by atoms with Gasteiger partial charge in [0.05, 0.1) is 0 Å². The summed E-state index contributed by atoms with van der Waals surface area (Å²) in [5.74, 6) is 5.93. The first kappa shape index (κ1) is 13.7. The zero-order valence-corrected chi connectivity index (χ0v) is 11.7. The van der Waals surface area contributed by atoms with Gasteiger partial charge in [0.2, 0.25) is 0 Å². The van der Waals surface area contributed by atoms with E-state index in [4.69, 9.17) is 11.6 Å². The second-order valence-electron chi connectivity index (χ2n) is 4.65. The minimum absolute atomic E-state index is 0.692. The summed E-state index contributed by atoms with van der Waals surface area (Å²) in [6.07, 6.45) is 0. The van der Waals surface area contributed by atoms with Crippen molar-refractivity contribution in [1.29, 1.82) is 0 Å². The molecule has 1 N–H and O–H groups in total. The van der Waals surface area contributed by atoms with Crippen molar-refractivity contribution in [2.45, 2.75) is 19.4 Å². The van der Waals surface area contributed by atoms with Crippen molar-refractivity contribution < 1.29 is 5.11 Å². The molecule has 0 aliphatic heterocycles. The van der Waals surface area contributed by atoms with Gasteiger partial charge in [-0.05, 0) is 43.2 Å². The van der Waals surface area contributed by atoms with Crippen LogP contribution in [0.25, 0.3) is 0 Å². The Morgan fingerprint density at radius 1 is 1.11 bits per heavy atom. The fraction of sp³-hybridized carbons (Fsp3) is 0.176. The van der Waals surface area contributed by atoms with Crippen molar-refractivity contribution in [2.75, 3.05) is 0 Å². The van der Waals surface area contributed by atoms with Gasteiger partial charge in [0.1, 0.15) is 5.60 Å². The van der Waals surface area contributed by atoms with Gasteiger partial charge >= 0.3 is 0 Å². The van der Waals surface area contributed by atoms with Crippen molar-refractivity contribution in [1.82, 2.24) is 0 Å². The van der Waals surface area contributed by atoms with Crippen LogP contribution in [0.5, 0.6) is 0 Å². The first-order valence-corrected chi connectivity index (χ1v) is 6.44. The van der Waals surface area contributed by atoms with Crippen LogP contribution in [0.2, 0.25) is 5.02 Å². The monoisotopic (exact) mass is 270 g/mol. The maximum Gasteiger partial charge on any atom is 0.148 e. The highest BCUT2D eigenvalue weighted by atomic mass is 35.5. The first-order chi connectivity index (χ1) is 8.99. The van der Waals surface area contributed by atoms with Gasteiger partial charge in [-0.2, -0.15) is 0 Å². The van der Waals surface area contributed by atoms with E-state index < -0.39 is 5.60 Å². The topological polar surface area (TPSA) is 20.2 Å². The smallest absolute Gasteiger partial charge is 0.148 e. The summed E-state index contributed by atoms with van der Waals surface area (Å²) in [4.78, 5) is 0. The van der Waals surface area contributed by atoms with Gasteiger partial charge in [-0.25, -0.2) is 0 Å². The zero-order chi connectivity index (χ0) is 13.9. The largest absolute Gasteiger partial charge is 0.374 e. The van der Waals surface area contributed by atoms with E-state index in [9.17, 15) is 5.11 Å². The molecule has 0 saturated carbocycles. The highest BCUT2D eigenvalue weighted by Gasteiger charge is 2.19. The lowest BCUT2D eigenvalue weighted by Crippen LogP contribution is -2.18. The van der Waals surface area contributed by atoms with Crippen molar-refractivity contribution in [3.8, 4) is 11.8 Å². The Hall–Kier alpha value is -1.75. The quantitative estimate of drug-likeness (QED) is 0.779. The Labute approximate surface area is 118 Å². The molecule has 0 bridgehead atoms. The summed E-state index contributed by atoms with van der Waals surface area (Å²) in [7, 11) is 0. The van der Waals surface area contributed by atoms with E-state index in [2.05, 4.69) is 11.8 Å². The Morgan fingerprint density at radius 2 is 1.79 bits per heavy atom. The third-order valence-electron chi connectivity index (χ3n) is 2.96. The molecule has 0 fully saturated rings. The molecule has 2 rings (SSSR count). The molecule has 0 radical (unpaired) electrons. The van der Waals surface area contributed by atoms with Crippen LogP contribution in [-0.4, -0.2) is 5.11 Å². The lowest BCUT2D eigenvalue weighted by molar-refractivity contribution is 0.122. The Kier molecular flexibility index (Phi) is 3.95. The first-order valence-electron chi connectivity index (χ1n) is 6.06. The van der Waals surface area contributed by atoms with Crippen LogP contribution < -0.4 is 0 Å². The van der Waals surface area contributed by atoms with Crippen LogP contribution in [0.3, 0.4) is 0 Å². The van der Waals surface area contributed by atoms with E-state index in [0.29, 0.717) is 5.02 Å². The Morgan fingerprint density at radius 3 is 2.42 bits per heavy atom. The van der Waals surface area contributed by atoms with E-state index in [1.807, 2.05) is 49.4 Å². The third-order valence-corrected chi connectivity index (χ3v) is 3.20. The van der Waals surface area contributed by atoms with Crippen molar-refractivity contribution in [3.05, 3.63) is 70.2 Å². The van der Waals surface area contributed by atoms with Crippen LogP contribution in [0, 0.1) is 18.8 Å². The molecular weight excluding hydrogens is 256 g/mol. The lowest BCUT2D eigenvalue weighted by Gasteiger charge is -2.16. The van der Waals surface area contributed by atoms with Crippen LogP contribution in [0.1, 0.15) is 23.6 Å². The number of benzene rings is 2. The molecule has 96 valence electrons. The molecule has 2 aromatic carbocycles. The summed E-state index contributed by atoms with van der Waals surface area (Å²) in [5, 5.41) is 11.1. The van der Waals surface area contributed by atoms with E-state index in [1.54, 1.807) is 13.0 Å². The molecule has 0 heterocycles. The van der Waals surface area contributed by atoms with Gasteiger partial charge in [-0.1, -0.05) is 53.8 Å². The minimum atomic E-state index is -1.16. The molecule has 2 aromatic rings. The highest BCUT2D eigenvalue weighted by Crippen LogP contribution is 2.20. The molecule has 1 unspecified atom stereocenters. The van der Waals surface area contributed by atoms with E-state index in [-0.39, 0.29) is 0 Å². The Bertz CT molecular complexity index is 633. The summed E-state index contributed by atoms with van der Waals surface area (Å²) in [6.45, 7) is 3.65. The van der Waals surface area contributed by atoms with E-state index >= 15 is 0 Å². The van der Waals surface area contributed by atoms with Gasteiger partial charge in [-0.3, -0.25) is 0 Å². The summed E-state index contributed by atoms with van der Waals surface area (Å²) >= 11 is 5.91. The molecule has 0 aliphatic rings. The van der Waals surface area contributed by atoms with Gasteiger partial charge in [-0.15, -0.1) is 0 Å². The Balaban J connectivity index is 2.33. The molecule has 2 heteroatoms. The average Bonchev–Trinajstić information content (AvgIpc) is 2.39. The van der Waals surface area contributed by atoms with E-state index in [1.165, 1.54) is 0 Å². The summed E-state index contributed by atoms with van der Waals surface area (Å²) in [5.41, 5.74) is 1.51. The normalized spacial score (nSPS) is 13.3. The second-order valence-corrected chi connectivity index (χ2v) is 5.08. The minimum Gasteiger partial charge on any atom is -0.374 e. The average molecular weight is 271 g/mol. The predicted molar refractivity (Wildman–Crippen MR) is 79.1 cm³/mol. The molecule has 19 heavy (non-hydrogen) atoms. The number of rotatable bonds is 1. The molecule has 0 spiro atoms. The SMILES string of the molecule is Cc1cc(Cl)ccc1C#CC(C)(O)c1ccccc1. The fourth-order valence-electron chi connectivity index (χ4n) is 1.79. The molecule has 0 saturated heterocycles. The molecule has 0 aromatic heterocycles. The van der Waals surface area contributed by atoms with Crippen molar-refractivity contribution in [3.63, 3.8) is 0 Å². The van der Waals surface area contributed by atoms with Gasteiger partial charge in [0.15, 0.2) is 0 Å². The zero-order valence-electron chi connectivity index (χ0n) is 10.9. The number of aryl methyl sites for hydroxylation is 1. The molecule has 1 atom stereocenters. The number of hydrogen-bond donors (Lipinski definition) is 1. The fourth-order valence-corrected chi connectivity index (χ4v) is 2.02. The number of halogens is 1. The molecule has 0 amide bonds. The molecule has 0 aliphatic carbocycles. The predicted octanol–water partition coefficient (Wildman–Crippen LogP) is 3.91. The molecule has 1 nitrogen and oxygen atoms in total. The maximum atomic E-state index is 10.4. The van der Waals surface area contributed by atoms with Crippen LogP contribution in [0.4, 0.5) is 0 Å². The highest BCUT2D eigenvalue weighted by molar-refractivity contribution is 6.30. The number of hydrogen-bond acceptors (Lipinski definition) is 1. The summed E-state index contributed by atoms with van der Waals surface area (Å²) in [6, 6.07) is 14.9. The van der Waals surface area contributed by atoms with E-state index in [0.717, 1.165) is 16.7 Å². The third kappa shape index (κ3) is 3.38. The lowest BCUT2D eigenvalue weighted by atomic mass is 9.96. The summed E-state index contributed by atoms with van der Waals surface area (Å²) < 4.78 is 0.